The maximum Gasteiger partial charge on any atom is 0.521 e. The van der Waals surface area contributed by atoms with Gasteiger partial charge >= 0.3 is 12.0 Å². The van der Waals surface area contributed by atoms with Crippen molar-refractivity contribution in [1.82, 2.24) is 5.32 Å². The Morgan fingerprint density at radius 1 is 1.41 bits per heavy atom. The van der Waals surface area contributed by atoms with Crippen LogP contribution in [0.1, 0.15) is 46.0 Å². The first-order valence-corrected chi connectivity index (χ1v) is 8.56. The van der Waals surface area contributed by atoms with Gasteiger partial charge in [-0.05, 0) is 13.3 Å². The number of unbranched alkanes of at least 4 members (excludes halogenated alkanes) is 1. The van der Waals surface area contributed by atoms with E-state index < -0.39 is 22.4 Å². The molecular weight excluding hydrogens is 304 g/mol. The monoisotopic (exact) mass is 331 g/mol. The van der Waals surface area contributed by atoms with Gasteiger partial charge in [0.05, 0.1) is 12.5 Å². The van der Waals surface area contributed by atoms with Crippen molar-refractivity contribution in [2.75, 3.05) is 18.8 Å². The van der Waals surface area contributed by atoms with Gasteiger partial charge in [-0.3, -0.25) is 4.79 Å². The van der Waals surface area contributed by atoms with E-state index in [1.807, 2.05) is 6.92 Å². The number of nitrogens with one attached hydrogen (secondary N) is 1. The zero-order valence-corrected chi connectivity index (χ0v) is 14.3. The molecule has 7 heteroatoms. The minimum absolute atomic E-state index is 0.00600. The molecule has 2 unspecified atom stereocenters. The molecule has 0 spiro atoms. The van der Waals surface area contributed by atoms with Crippen LogP contribution in [0.5, 0.6) is 0 Å². The number of carboxylic acid groups (broad SMARTS) is 1. The Hall–Kier alpha value is -1.08. The summed E-state index contributed by atoms with van der Waals surface area (Å²) in [6.07, 6.45) is 2.17. The Kier molecular flexibility index (Phi) is 7.35. The van der Waals surface area contributed by atoms with Gasteiger partial charge in [0.25, 0.3) is 0 Å². The largest absolute Gasteiger partial charge is 0.521 e. The molecule has 0 aromatic rings. The number of carbonyl (C=O) groups is 3. The summed E-state index contributed by atoms with van der Waals surface area (Å²) in [7, 11) is 0. The molecule has 2 N–H and O–H groups in total. The number of nitrogens with zero attached hydrogens (tertiary/aromatic N) is 1. The van der Waals surface area contributed by atoms with Crippen molar-refractivity contribution in [3.63, 3.8) is 0 Å². The summed E-state index contributed by atoms with van der Waals surface area (Å²) >= 11 is 4.16. The summed E-state index contributed by atoms with van der Waals surface area (Å²) in [6.45, 7) is 4.70. The molecule has 0 aromatic carbocycles. The molecule has 1 rings (SSSR count). The van der Waals surface area contributed by atoms with Crippen molar-refractivity contribution in [2.45, 2.75) is 52.0 Å². The number of imide groups is 1. The number of likely N-dealkylation sites (tertiary alicyclic amines) is 1. The fourth-order valence-electron chi connectivity index (χ4n) is 3.04. The Morgan fingerprint density at radius 3 is 2.55 bits per heavy atom. The molecule has 22 heavy (non-hydrogen) atoms. The first-order valence-electron chi connectivity index (χ1n) is 7.93. The third-order valence-corrected chi connectivity index (χ3v) is 4.91. The number of hydrogen-bond acceptors (Lipinski definition) is 4. The van der Waals surface area contributed by atoms with E-state index in [2.05, 4.69) is 17.9 Å². The lowest BCUT2D eigenvalue weighted by Gasteiger charge is -2.32. The first kappa shape index (κ1) is 19.0. The molecule has 126 valence electrons. The first-order chi connectivity index (χ1) is 10.4. The van der Waals surface area contributed by atoms with Crippen molar-refractivity contribution in [3.8, 4) is 0 Å². The van der Waals surface area contributed by atoms with Gasteiger partial charge in [-0.15, -0.1) is 0 Å². The lowest BCUT2D eigenvalue weighted by atomic mass is 10.0. The van der Waals surface area contributed by atoms with Gasteiger partial charge in [0.15, 0.2) is 0 Å². The number of thiol groups is 1. The second kappa shape index (κ2) is 8.53. The fraction of sp³-hybridized carbons (Fsp3) is 0.800. The summed E-state index contributed by atoms with van der Waals surface area (Å²) in [5.74, 6) is -1.09. The smallest absolute Gasteiger partial charge is 0.435 e. The van der Waals surface area contributed by atoms with Crippen molar-refractivity contribution < 1.29 is 24.0 Å². The normalized spacial score (nSPS) is 25.7. The maximum absolute atomic E-state index is 12.8. The molecule has 3 atom stereocenters. The molecule has 1 saturated heterocycles. The third kappa shape index (κ3) is 4.01. The lowest BCUT2D eigenvalue weighted by molar-refractivity contribution is -0.794. The molecule has 1 fully saturated rings. The predicted molar refractivity (Wildman–Crippen MR) is 86.7 cm³/mol. The van der Waals surface area contributed by atoms with Crippen molar-refractivity contribution in [2.24, 2.45) is 5.92 Å². The molecule has 0 bridgehead atoms. The van der Waals surface area contributed by atoms with Gasteiger partial charge in [0.1, 0.15) is 6.04 Å². The van der Waals surface area contributed by atoms with Crippen LogP contribution >= 0.6 is 12.6 Å². The molecule has 3 amide bonds. The van der Waals surface area contributed by atoms with E-state index in [0.717, 1.165) is 12.8 Å². The average molecular weight is 331 g/mol. The number of rotatable bonds is 7. The van der Waals surface area contributed by atoms with Crippen LogP contribution in [0, 0.1) is 5.92 Å². The van der Waals surface area contributed by atoms with Crippen LogP contribution in [0.25, 0.3) is 0 Å². The van der Waals surface area contributed by atoms with Crippen molar-refractivity contribution >= 4 is 30.5 Å². The summed E-state index contributed by atoms with van der Waals surface area (Å²) in [6, 6.07) is -0.254. The van der Waals surface area contributed by atoms with E-state index in [4.69, 9.17) is 0 Å². The van der Waals surface area contributed by atoms with Crippen LogP contribution in [0.3, 0.4) is 0 Å². The SMILES string of the molecule is CCCCNC(=O)CC(CS)C(=O)[N+]1(C(=O)O)CCC[C@H]1C. The molecule has 0 aliphatic carbocycles. The molecular formula is C15H27N2O4S+. The summed E-state index contributed by atoms with van der Waals surface area (Å²) in [4.78, 5) is 36.4. The minimum atomic E-state index is -1.12. The Balaban J connectivity index is 2.78. The van der Waals surface area contributed by atoms with Crippen molar-refractivity contribution in [1.29, 1.82) is 0 Å². The van der Waals surface area contributed by atoms with Gasteiger partial charge in [-0.25, -0.2) is 4.79 Å². The predicted octanol–water partition coefficient (Wildman–Crippen LogP) is 2.04. The van der Waals surface area contributed by atoms with E-state index >= 15 is 0 Å². The highest BCUT2D eigenvalue weighted by Gasteiger charge is 2.54. The zero-order valence-electron chi connectivity index (χ0n) is 13.4. The topological polar surface area (TPSA) is 83.5 Å². The van der Waals surface area contributed by atoms with Crippen LogP contribution in [0.15, 0.2) is 0 Å². The molecule has 1 aliphatic heterocycles. The highest BCUT2D eigenvalue weighted by atomic mass is 32.1. The van der Waals surface area contributed by atoms with Crippen LogP contribution in [0.4, 0.5) is 4.79 Å². The Labute approximate surface area is 137 Å². The second-order valence-electron chi connectivity index (χ2n) is 5.99. The minimum Gasteiger partial charge on any atom is -0.435 e. The number of quaternary nitrogens is 1. The van der Waals surface area contributed by atoms with Gasteiger partial charge in [-0.1, -0.05) is 13.3 Å². The van der Waals surface area contributed by atoms with Crippen molar-refractivity contribution in [3.05, 3.63) is 0 Å². The average Bonchev–Trinajstić information content (AvgIpc) is 2.87. The van der Waals surface area contributed by atoms with E-state index in [-0.39, 0.29) is 24.1 Å². The third-order valence-electron chi connectivity index (χ3n) is 4.47. The summed E-state index contributed by atoms with van der Waals surface area (Å²) < 4.78 is -0.562. The molecule has 0 saturated carbocycles. The van der Waals surface area contributed by atoms with Crippen LogP contribution in [-0.2, 0) is 9.59 Å². The lowest BCUT2D eigenvalue weighted by Crippen LogP contribution is -2.61. The van der Waals surface area contributed by atoms with Crippen LogP contribution < -0.4 is 5.32 Å². The highest BCUT2D eigenvalue weighted by molar-refractivity contribution is 7.80. The van der Waals surface area contributed by atoms with Gasteiger partial charge < -0.3 is 10.4 Å². The quantitative estimate of drug-likeness (QED) is 0.379. The summed E-state index contributed by atoms with van der Waals surface area (Å²) in [5.41, 5.74) is 0. The number of carbonyl (C=O) groups excluding carboxylic acids is 2. The van der Waals surface area contributed by atoms with Crippen LogP contribution in [0.2, 0.25) is 0 Å². The summed E-state index contributed by atoms with van der Waals surface area (Å²) in [5, 5.41) is 12.3. The molecule has 6 nitrogen and oxygen atoms in total. The highest BCUT2D eigenvalue weighted by Crippen LogP contribution is 2.31. The van der Waals surface area contributed by atoms with E-state index in [0.29, 0.717) is 25.9 Å². The molecule has 0 aromatic heterocycles. The standard InChI is InChI=1S/C15H26N2O4S/c1-3-4-7-16-13(18)9-12(10-22)14(19)17(15(20)21)8-5-6-11(17)2/h11-12H,3-10H2,1-2H3,(H2-,16,18,20,21,22)/p+1/t11-,12?,17?/m1/s1. The van der Waals surface area contributed by atoms with Gasteiger partial charge in [-0.2, -0.15) is 21.9 Å². The van der Waals surface area contributed by atoms with Crippen LogP contribution in [-0.4, -0.2) is 52.4 Å². The number of amides is 3. The zero-order chi connectivity index (χ0) is 16.8. The van der Waals surface area contributed by atoms with E-state index in [1.54, 1.807) is 6.92 Å². The number of hydrogen-bond donors (Lipinski definition) is 3. The maximum atomic E-state index is 12.8. The second-order valence-corrected chi connectivity index (χ2v) is 6.36. The van der Waals surface area contributed by atoms with Gasteiger partial charge in [0, 0.05) is 31.6 Å². The fourth-order valence-corrected chi connectivity index (χ4v) is 3.32. The molecule has 1 aliphatic rings. The molecule has 1 heterocycles. The molecule has 0 radical (unpaired) electrons. The van der Waals surface area contributed by atoms with E-state index in [1.165, 1.54) is 0 Å². The van der Waals surface area contributed by atoms with E-state index in [9.17, 15) is 19.5 Å². The Bertz CT molecular complexity index is 430. The Morgan fingerprint density at radius 2 is 2.09 bits per heavy atom. The van der Waals surface area contributed by atoms with Gasteiger partial charge in [0.2, 0.25) is 5.91 Å².